The minimum Gasteiger partial charge on any atom is -0.382 e. The summed E-state index contributed by atoms with van der Waals surface area (Å²) in [5, 5.41) is 11.1. The van der Waals surface area contributed by atoms with Crippen molar-refractivity contribution < 1.29 is 27.8 Å². The van der Waals surface area contributed by atoms with Gasteiger partial charge in [0.1, 0.15) is 0 Å². The Bertz CT molecular complexity index is 172. The monoisotopic (exact) mass is 245 g/mol. The van der Waals surface area contributed by atoms with E-state index in [4.69, 9.17) is 14.6 Å². The Hall–Kier alpha value is -0.370. The van der Waals surface area contributed by atoms with Crippen LogP contribution in [0.25, 0.3) is 0 Å². The van der Waals surface area contributed by atoms with E-state index in [0.717, 1.165) is 0 Å². The van der Waals surface area contributed by atoms with Crippen LogP contribution >= 0.6 is 0 Å². The summed E-state index contributed by atoms with van der Waals surface area (Å²) in [5.41, 5.74) is 0. The quantitative estimate of drug-likeness (QED) is 0.624. The molecule has 7 heteroatoms. The molecule has 0 saturated heterocycles. The van der Waals surface area contributed by atoms with Crippen LogP contribution in [0.4, 0.5) is 13.2 Å². The number of alkyl halides is 3. The molecule has 0 aliphatic heterocycles. The van der Waals surface area contributed by atoms with Crippen LogP contribution in [0.1, 0.15) is 13.8 Å². The van der Waals surface area contributed by atoms with E-state index in [1.165, 1.54) is 0 Å². The highest BCUT2D eigenvalue weighted by molar-refractivity contribution is 4.68. The van der Waals surface area contributed by atoms with Gasteiger partial charge in [-0.2, -0.15) is 13.2 Å². The molecule has 0 radical (unpaired) electrons. The summed E-state index contributed by atoms with van der Waals surface area (Å²) in [6.45, 7) is 3.88. The van der Waals surface area contributed by atoms with E-state index in [1.807, 2.05) is 0 Å². The van der Waals surface area contributed by atoms with Crippen LogP contribution in [-0.4, -0.2) is 50.0 Å². The molecule has 0 aliphatic carbocycles. The molecule has 0 rings (SSSR count). The summed E-state index contributed by atoms with van der Waals surface area (Å²) in [6, 6.07) is 0. The van der Waals surface area contributed by atoms with Gasteiger partial charge in [0.05, 0.1) is 0 Å². The van der Waals surface area contributed by atoms with E-state index >= 15 is 0 Å². The molecule has 0 fully saturated rings. The zero-order valence-corrected chi connectivity index (χ0v) is 9.38. The summed E-state index contributed by atoms with van der Waals surface area (Å²) in [7, 11) is 0. The molecule has 0 aromatic carbocycles. The largest absolute Gasteiger partial charge is 0.415 e. The van der Waals surface area contributed by atoms with Crippen molar-refractivity contribution in [2.75, 3.05) is 26.3 Å². The lowest BCUT2D eigenvalue weighted by molar-refractivity contribution is -0.203. The number of aliphatic hydroxyl groups excluding tert-OH is 1. The summed E-state index contributed by atoms with van der Waals surface area (Å²) < 4.78 is 46.0. The van der Waals surface area contributed by atoms with Crippen LogP contribution in [0.5, 0.6) is 0 Å². The van der Waals surface area contributed by atoms with Gasteiger partial charge in [0.25, 0.3) is 0 Å². The van der Waals surface area contributed by atoms with Crippen molar-refractivity contribution in [3.05, 3.63) is 0 Å². The first-order valence-electron chi connectivity index (χ1n) is 5.10. The fourth-order valence-electron chi connectivity index (χ4n) is 0.991. The first-order chi connectivity index (χ1) is 7.41. The number of aliphatic hydroxyl groups is 1. The molecule has 0 bridgehead atoms. The minimum atomic E-state index is -4.60. The van der Waals surface area contributed by atoms with Crippen molar-refractivity contribution in [1.29, 1.82) is 0 Å². The van der Waals surface area contributed by atoms with Gasteiger partial charge in [0.15, 0.2) is 12.4 Å². The molecule has 0 saturated carbocycles. The summed E-state index contributed by atoms with van der Waals surface area (Å²) >= 11 is 0. The zero-order valence-electron chi connectivity index (χ0n) is 9.38. The van der Waals surface area contributed by atoms with Crippen LogP contribution in [0, 0.1) is 0 Å². The summed E-state index contributed by atoms with van der Waals surface area (Å²) in [5.74, 6) is 0. The lowest BCUT2D eigenvalue weighted by atomic mass is 10.3. The number of rotatable bonds is 8. The lowest BCUT2D eigenvalue weighted by Crippen LogP contribution is -2.41. The average Bonchev–Trinajstić information content (AvgIpc) is 2.16. The smallest absolute Gasteiger partial charge is 0.382 e. The maximum absolute atomic E-state index is 11.9. The highest BCUT2D eigenvalue weighted by Gasteiger charge is 2.37. The van der Waals surface area contributed by atoms with E-state index in [0.29, 0.717) is 13.2 Å². The Kier molecular flexibility index (Phi) is 7.65. The number of hydrogen-bond donors (Lipinski definition) is 2. The average molecular weight is 245 g/mol. The molecule has 0 amide bonds. The van der Waals surface area contributed by atoms with Gasteiger partial charge < -0.3 is 19.9 Å². The van der Waals surface area contributed by atoms with Crippen LogP contribution in [-0.2, 0) is 9.47 Å². The van der Waals surface area contributed by atoms with E-state index in [9.17, 15) is 13.2 Å². The van der Waals surface area contributed by atoms with Gasteiger partial charge >= 0.3 is 6.18 Å². The van der Waals surface area contributed by atoms with Crippen molar-refractivity contribution in [2.45, 2.75) is 32.4 Å². The van der Waals surface area contributed by atoms with E-state index in [-0.39, 0.29) is 6.54 Å². The maximum Gasteiger partial charge on any atom is 0.415 e. The topological polar surface area (TPSA) is 50.7 Å². The Balaban J connectivity index is 3.76. The SMILES string of the molecule is CCOC(CNCC(O)C(F)(F)F)OCC. The molecule has 0 aliphatic rings. The van der Waals surface area contributed by atoms with Gasteiger partial charge in [-0.05, 0) is 13.8 Å². The first kappa shape index (κ1) is 15.6. The molecule has 0 aromatic heterocycles. The second-order valence-corrected chi connectivity index (χ2v) is 3.06. The summed E-state index contributed by atoms with van der Waals surface area (Å²) in [6.07, 6.45) is -7.55. The molecular formula is C9H18F3NO3. The highest BCUT2D eigenvalue weighted by Crippen LogP contribution is 2.19. The van der Waals surface area contributed by atoms with E-state index in [2.05, 4.69) is 5.32 Å². The molecule has 0 heterocycles. The Morgan fingerprint density at radius 1 is 1.12 bits per heavy atom. The minimum absolute atomic E-state index is 0.106. The predicted octanol–water partition coefficient (Wildman–Crippen LogP) is 0.898. The molecule has 4 nitrogen and oxygen atoms in total. The maximum atomic E-state index is 11.9. The number of halogens is 3. The standard InChI is InChI=1S/C9H18F3NO3/c1-3-15-8(16-4-2)6-13-5-7(14)9(10,11)12/h7-8,13-14H,3-6H2,1-2H3. The third-order valence-corrected chi connectivity index (χ3v) is 1.73. The van der Waals surface area contributed by atoms with Crippen molar-refractivity contribution >= 4 is 0 Å². The van der Waals surface area contributed by atoms with Crippen molar-refractivity contribution in [1.82, 2.24) is 5.32 Å². The second-order valence-electron chi connectivity index (χ2n) is 3.06. The fraction of sp³-hybridized carbons (Fsp3) is 1.00. The van der Waals surface area contributed by atoms with Crippen molar-refractivity contribution in [2.24, 2.45) is 0 Å². The molecule has 98 valence electrons. The molecule has 1 atom stereocenters. The number of ether oxygens (including phenoxy) is 2. The highest BCUT2D eigenvalue weighted by atomic mass is 19.4. The van der Waals surface area contributed by atoms with Gasteiger partial charge in [0, 0.05) is 26.3 Å². The second kappa shape index (κ2) is 7.83. The molecular weight excluding hydrogens is 227 g/mol. The normalized spacial score (nSPS) is 14.4. The molecule has 0 spiro atoms. The van der Waals surface area contributed by atoms with Gasteiger partial charge in [-0.1, -0.05) is 0 Å². The van der Waals surface area contributed by atoms with Gasteiger partial charge in [-0.15, -0.1) is 0 Å². The van der Waals surface area contributed by atoms with E-state index in [1.54, 1.807) is 13.8 Å². The number of hydrogen-bond acceptors (Lipinski definition) is 4. The third kappa shape index (κ3) is 7.00. The zero-order chi connectivity index (χ0) is 12.6. The Labute approximate surface area is 92.7 Å². The first-order valence-corrected chi connectivity index (χ1v) is 5.10. The lowest BCUT2D eigenvalue weighted by Gasteiger charge is -2.19. The van der Waals surface area contributed by atoms with Crippen LogP contribution in [0.15, 0.2) is 0 Å². The molecule has 16 heavy (non-hydrogen) atoms. The molecule has 1 unspecified atom stereocenters. The Morgan fingerprint density at radius 3 is 2.00 bits per heavy atom. The van der Waals surface area contributed by atoms with Crippen LogP contribution in [0.3, 0.4) is 0 Å². The van der Waals surface area contributed by atoms with Gasteiger partial charge in [-0.3, -0.25) is 0 Å². The molecule has 0 aromatic rings. The van der Waals surface area contributed by atoms with Gasteiger partial charge in [-0.25, -0.2) is 0 Å². The third-order valence-electron chi connectivity index (χ3n) is 1.73. The van der Waals surface area contributed by atoms with E-state index < -0.39 is 25.1 Å². The van der Waals surface area contributed by atoms with Crippen LogP contribution < -0.4 is 5.32 Å². The van der Waals surface area contributed by atoms with Crippen molar-refractivity contribution in [3.63, 3.8) is 0 Å². The fourth-order valence-corrected chi connectivity index (χ4v) is 0.991. The van der Waals surface area contributed by atoms with Crippen molar-refractivity contribution in [3.8, 4) is 0 Å². The Morgan fingerprint density at radius 2 is 1.62 bits per heavy atom. The predicted molar refractivity (Wildman–Crippen MR) is 52.0 cm³/mol. The molecule has 2 N–H and O–H groups in total. The number of nitrogens with one attached hydrogen (secondary N) is 1. The summed E-state index contributed by atoms with van der Waals surface area (Å²) in [4.78, 5) is 0. The van der Waals surface area contributed by atoms with Gasteiger partial charge in [0.2, 0.25) is 0 Å². The van der Waals surface area contributed by atoms with Crippen LogP contribution in [0.2, 0.25) is 0 Å².